The third-order valence-electron chi connectivity index (χ3n) is 6.43. The molecule has 0 aromatic heterocycles. The Morgan fingerprint density at radius 1 is 1.16 bits per heavy atom. The molecule has 0 saturated carbocycles. The second-order valence-electron chi connectivity index (χ2n) is 9.41. The van der Waals surface area contributed by atoms with Crippen molar-refractivity contribution in [2.45, 2.75) is 82.9 Å². The van der Waals surface area contributed by atoms with Crippen LogP contribution in [0.5, 0.6) is 5.75 Å². The lowest BCUT2D eigenvalue weighted by atomic mass is 9.99. The number of carbonyl (C=O) groups is 2. The van der Waals surface area contributed by atoms with Gasteiger partial charge in [-0.05, 0) is 42.9 Å². The summed E-state index contributed by atoms with van der Waals surface area (Å²) < 4.78 is 46.1. The van der Waals surface area contributed by atoms with Gasteiger partial charge in [0.2, 0.25) is 5.91 Å². The third kappa shape index (κ3) is 9.57. The van der Waals surface area contributed by atoms with Gasteiger partial charge in [0.15, 0.2) is 6.10 Å². The molecule has 1 fully saturated rings. The van der Waals surface area contributed by atoms with E-state index in [2.05, 4.69) is 10.1 Å². The zero-order valence-electron chi connectivity index (χ0n) is 21.7. The van der Waals surface area contributed by atoms with Crippen molar-refractivity contribution in [3.8, 4) is 5.75 Å². The van der Waals surface area contributed by atoms with E-state index in [1.54, 1.807) is 6.08 Å². The van der Waals surface area contributed by atoms with Gasteiger partial charge in [0.05, 0.1) is 0 Å². The molecule has 1 saturated heterocycles. The lowest BCUT2D eigenvalue weighted by Crippen LogP contribution is -2.55. The van der Waals surface area contributed by atoms with Crippen molar-refractivity contribution in [2.24, 2.45) is 5.92 Å². The first-order chi connectivity index (χ1) is 17.9. The fourth-order valence-corrected chi connectivity index (χ4v) is 4.00. The van der Waals surface area contributed by atoms with E-state index in [1.165, 1.54) is 23.1 Å². The molecule has 1 unspecified atom stereocenters. The second kappa shape index (κ2) is 14.5. The molecule has 6 atom stereocenters. The van der Waals surface area contributed by atoms with E-state index in [0.717, 1.165) is 25.7 Å². The van der Waals surface area contributed by atoms with E-state index in [4.69, 9.17) is 4.74 Å². The van der Waals surface area contributed by atoms with E-state index in [9.17, 15) is 38.1 Å². The van der Waals surface area contributed by atoms with Gasteiger partial charge in [-0.2, -0.15) is 0 Å². The number of likely N-dealkylation sites (tertiary alicyclic amines) is 1. The molecule has 4 N–H and O–H groups in total. The average Bonchev–Trinajstić information content (AvgIpc) is 3.03. The Hall–Kier alpha value is -2.67. The molecule has 1 aliphatic heterocycles. The van der Waals surface area contributed by atoms with Crippen molar-refractivity contribution in [2.75, 3.05) is 13.7 Å². The van der Waals surface area contributed by atoms with Crippen LogP contribution < -0.4 is 10.1 Å². The first kappa shape index (κ1) is 31.5. The SMILES string of the molecule is CCC(C)/C=C/[C@@H](O)[C@H](O)[C@@H](O)[C@@H](OC)C(=O)N[C@H]1CCCCN(Cc2ccc(OC(F)(F)F)cc2)C1=O. The molecular weight excluding hydrogens is 509 g/mol. The summed E-state index contributed by atoms with van der Waals surface area (Å²) >= 11 is 0. The largest absolute Gasteiger partial charge is 0.573 e. The van der Waals surface area contributed by atoms with Crippen LogP contribution in [0.2, 0.25) is 0 Å². The van der Waals surface area contributed by atoms with E-state index < -0.39 is 48.6 Å². The number of aliphatic hydroxyl groups excluding tert-OH is 3. The van der Waals surface area contributed by atoms with Crippen molar-refractivity contribution in [1.29, 1.82) is 0 Å². The molecule has 1 aromatic carbocycles. The fourth-order valence-electron chi connectivity index (χ4n) is 4.00. The Morgan fingerprint density at radius 3 is 2.39 bits per heavy atom. The van der Waals surface area contributed by atoms with Crippen LogP contribution in [-0.4, -0.2) is 82.5 Å². The quantitative estimate of drug-likeness (QED) is 0.296. The summed E-state index contributed by atoms with van der Waals surface area (Å²) in [4.78, 5) is 27.6. The third-order valence-corrected chi connectivity index (χ3v) is 6.43. The number of methoxy groups -OCH3 is 1. The Bertz CT molecular complexity index is 926. The van der Waals surface area contributed by atoms with Crippen molar-refractivity contribution < 1.29 is 47.6 Å². The molecule has 0 bridgehead atoms. The van der Waals surface area contributed by atoms with Gasteiger partial charge in [0.1, 0.15) is 30.1 Å². The molecule has 38 heavy (non-hydrogen) atoms. The van der Waals surface area contributed by atoms with Gasteiger partial charge in [-0.1, -0.05) is 44.6 Å². The lowest BCUT2D eigenvalue weighted by Gasteiger charge is -2.29. The van der Waals surface area contributed by atoms with Crippen molar-refractivity contribution >= 4 is 11.8 Å². The van der Waals surface area contributed by atoms with E-state index in [1.807, 2.05) is 13.8 Å². The fraction of sp³-hybridized carbons (Fsp3) is 0.615. The number of ether oxygens (including phenoxy) is 2. The molecule has 2 amide bonds. The number of allylic oxidation sites excluding steroid dienone is 1. The minimum atomic E-state index is -4.81. The first-order valence-electron chi connectivity index (χ1n) is 12.5. The van der Waals surface area contributed by atoms with Gasteiger partial charge in [0.25, 0.3) is 5.91 Å². The van der Waals surface area contributed by atoms with Crippen LogP contribution >= 0.6 is 0 Å². The highest BCUT2D eigenvalue weighted by atomic mass is 19.4. The summed E-state index contributed by atoms with van der Waals surface area (Å²) in [5.41, 5.74) is 0.576. The highest BCUT2D eigenvalue weighted by Crippen LogP contribution is 2.24. The van der Waals surface area contributed by atoms with Gasteiger partial charge in [-0.15, -0.1) is 13.2 Å². The maximum absolute atomic E-state index is 13.2. The Morgan fingerprint density at radius 2 is 1.82 bits per heavy atom. The predicted octanol–water partition coefficient (Wildman–Crippen LogP) is 2.28. The Labute approximate surface area is 220 Å². The van der Waals surface area contributed by atoms with E-state index >= 15 is 0 Å². The predicted molar refractivity (Wildman–Crippen MR) is 132 cm³/mol. The average molecular weight is 547 g/mol. The molecule has 1 heterocycles. The normalized spacial score (nSPS) is 20.9. The molecule has 9 nitrogen and oxygen atoms in total. The lowest BCUT2D eigenvalue weighted by molar-refractivity contribution is -0.274. The summed E-state index contributed by atoms with van der Waals surface area (Å²) in [5, 5.41) is 33.7. The summed E-state index contributed by atoms with van der Waals surface area (Å²) in [6, 6.07) is 4.23. The van der Waals surface area contributed by atoms with Crippen LogP contribution in [0.4, 0.5) is 13.2 Å². The molecule has 1 aliphatic rings. The van der Waals surface area contributed by atoms with E-state index in [-0.39, 0.29) is 18.2 Å². The van der Waals surface area contributed by atoms with Crippen LogP contribution in [0, 0.1) is 5.92 Å². The van der Waals surface area contributed by atoms with Crippen LogP contribution in [0.1, 0.15) is 45.1 Å². The smallest absolute Gasteiger partial charge is 0.406 e. The van der Waals surface area contributed by atoms with Crippen LogP contribution in [0.15, 0.2) is 36.4 Å². The first-order valence-corrected chi connectivity index (χ1v) is 12.5. The zero-order chi connectivity index (χ0) is 28.5. The molecule has 0 spiro atoms. The van der Waals surface area contributed by atoms with Gasteiger partial charge in [-0.25, -0.2) is 0 Å². The molecule has 1 aromatic rings. The number of carbonyl (C=O) groups excluding carboxylic acids is 2. The van der Waals surface area contributed by atoms with Crippen molar-refractivity contribution in [1.82, 2.24) is 10.2 Å². The topological polar surface area (TPSA) is 129 Å². The van der Waals surface area contributed by atoms with Crippen LogP contribution in [-0.2, 0) is 20.9 Å². The molecule has 12 heteroatoms. The number of aliphatic hydroxyl groups is 3. The van der Waals surface area contributed by atoms with Crippen LogP contribution in [0.25, 0.3) is 0 Å². The van der Waals surface area contributed by atoms with Crippen molar-refractivity contribution in [3.63, 3.8) is 0 Å². The maximum Gasteiger partial charge on any atom is 0.573 e. The minimum absolute atomic E-state index is 0.112. The number of amides is 2. The van der Waals surface area contributed by atoms with Crippen molar-refractivity contribution in [3.05, 3.63) is 42.0 Å². The van der Waals surface area contributed by atoms with Crippen LogP contribution in [0.3, 0.4) is 0 Å². The summed E-state index contributed by atoms with van der Waals surface area (Å²) in [6.45, 7) is 4.37. The molecule has 2 rings (SSSR count). The Kier molecular flexibility index (Phi) is 12.0. The molecule has 0 aliphatic carbocycles. The molecule has 214 valence electrons. The van der Waals surface area contributed by atoms with Gasteiger partial charge < -0.3 is 35.0 Å². The number of hydrogen-bond acceptors (Lipinski definition) is 7. The maximum atomic E-state index is 13.2. The minimum Gasteiger partial charge on any atom is -0.406 e. The zero-order valence-corrected chi connectivity index (χ0v) is 21.7. The summed E-state index contributed by atoms with van der Waals surface area (Å²) in [7, 11) is 1.16. The number of alkyl halides is 3. The number of nitrogens with one attached hydrogen (secondary N) is 1. The molecule has 0 radical (unpaired) electrons. The highest BCUT2D eigenvalue weighted by molar-refractivity contribution is 5.89. The second-order valence-corrected chi connectivity index (χ2v) is 9.41. The number of rotatable bonds is 12. The monoisotopic (exact) mass is 546 g/mol. The number of benzene rings is 1. The summed E-state index contributed by atoms with van der Waals surface area (Å²) in [6.07, 6.45) is -5.83. The van der Waals surface area contributed by atoms with E-state index in [0.29, 0.717) is 31.4 Å². The summed E-state index contributed by atoms with van der Waals surface area (Å²) in [5.74, 6) is -1.45. The number of halogens is 3. The van der Waals surface area contributed by atoms with Gasteiger partial charge in [0, 0.05) is 20.2 Å². The number of hydrogen-bond donors (Lipinski definition) is 4. The van der Waals surface area contributed by atoms with Gasteiger partial charge in [-0.3, -0.25) is 9.59 Å². The standard InChI is InChI=1S/C26H37F3N2O7/c1-4-16(2)8-13-20(32)21(33)22(34)23(37-3)24(35)30-19-7-5-6-14-31(25(19)36)15-17-9-11-18(12-10-17)38-26(27,28)29/h8-13,16,19-23,32-34H,4-7,14-15H2,1-3H3,(H,30,35)/b13-8+/t16?,19-,20+,21-,22+,23+/m0/s1. The number of nitrogens with zero attached hydrogens (tertiary/aromatic N) is 1. The molecular formula is C26H37F3N2O7. The van der Waals surface area contributed by atoms with Gasteiger partial charge >= 0.3 is 6.36 Å². The Balaban J connectivity index is 2.04. The highest BCUT2D eigenvalue weighted by Gasteiger charge is 2.38.